The van der Waals surface area contributed by atoms with Crippen molar-refractivity contribution >= 4 is 23.6 Å². The number of nitrogens with zero attached hydrogens (tertiary/aromatic N) is 2. The number of carbonyl (C=O) groups is 2. The molecule has 0 unspecified atom stereocenters. The van der Waals surface area contributed by atoms with Crippen molar-refractivity contribution in [3.63, 3.8) is 0 Å². The molecule has 33 heavy (non-hydrogen) atoms. The number of para-hydroxylation sites is 2. The Bertz CT molecular complexity index is 1100. The minimum absolute atomic E-state index is 0.0210. The fraction of sp³-hybridized carbons (Fsp3) is 0.160. The largest absolute Gasteiger partial charge is 0.457 e. The van der Waals surface area contributed by atoms with Crippen LogP contribution in [0.15, 0.2) is 84.0 Å². The first-order valence-corrected chi connectivity index (χ1v) is 10.1. The average Bonchev–Trinajstić information content (AvgIpc) is 2.85. The standard InChI is InChI=1S/C25H24N2O6/c1-18(19-13-15-22(16-14-19)33-21-10-5-4-6-11-21)26-32-17-20-9-7-8-12-23(20)27(24(28)30-2)25(29)31-3/h4-16H,17H2,1-3H3. The zero-order valence-corrected chi connectivity index (χ0v) is 18.6. The topological polar surface area (TPSA) is 86.7 Å². The number of amides is 2. The second-order valence-corrected chi connectivity index (χ2v) is 6.79. The Morgan fingerprint density at radius 3 is 2.00 bits per heavy atom. The van der Waals surface area contributed by atoms with Gasteiger partial charge in [0, 0.05) is 5.56 Å². The summed E-state index contributed by atoms with van der Waals surface area (Å²) in [4.78, 5) is 30.5. The maximum absolute atomic E-state index is 12.1. The maximum atomic E-state index is 12.1. The van der Waals surface area contributed by atoms with Crippen LogP contribution in [-0.2, 0) is 20.9 Å². The third-order valence-electron chi connectivity index (χ3n) is 4.62. The van der Waals surface area contributed by atoms with Crippen molar-refractivity contribution in [2.75, 3.05) is 19.1 Å². The molecule has 0 aliphatic heterocycles. The second-order valence-electron chi connectivity index (χ2n) is 6.79. The van der Waals surface area contributed by atoms with Gasteiger partial charge in [-0.3, -0.25) is 0 Å². The van der Waals surface area contributed by atoms with Gasteiger partial charge in [0.2, 0.25) is 0 Å². The number of carbonyl (C=O) groups excluding carboxylic acids is 2. The molecule has 3 rings (SSSR count). The van der Waals surface area contributed by atoms with Gasteiger partial charge in [-0.2, -0.15) is 4.90 Å². The SMILES string of the molecule is COC(=O)N(C(=O)OC)c1ccccc1CON=C(C)c1ccc(Oc2ccccc2)cc1. The molecule has 8 nitrogen and oxygen atoms in total. The number of hydrogen-bond acceptors (Lipinski definition) is 7. The highest BCUT2D eigenvalue weighted by molar-refractivity contribution is 6.09. The summed E-state index contributed by atoms with van der Waals surface area (Å²) in [7, 11) is 2.36. The van der Waals surface area contributed by atoms with Crippen LogP contribution in [0.2, 0.25) is 0 Å². The van der Waals surface area contributed by atoms with Gasteiger partial charge in [-0.15, -0.1) is 0 Å². The van der Waals surface area contributed by atoms with Gasteiger partial charge in [0.25, 0.3) is 0 Å². The molecule has 2 amide bonds. The summed E-state index contributed by atoms with van der Waals surface area (Å²) in [5, 5.41) is 4.16. The quantitative estimate of drug-likeness (QED) is 0.337. The van der Waals surface area contributed by atoms with Crippen LogP contribution in [0.5, 0.6) is 11.5 Å². The molecule has 170 valence electrons. The van der Waals surface area contributed by atoms with Gasteiger partial charge in [-0.05, 0) is 55.0 Å². The molecule has 3 aromatic carbocycles. The van der Waals surface area contributed by atoms with E-state index >= 15 is 0 Å². The molecule has 0 heterocycles. The lowest BCUT2D eigenvalue weighted by atomic mass is 10.1. The maximum Gasteiger partial charge on any atom is 0.423 e. The molecule has 0 aromatic heterocycles. The third kappa shape index (κ3) is 6.10. The highest BCUT2D eigenvalue weighted by Crippen LogP contribution is 2.24. The monoisotopic (exact) mass is 448 g/mol. The van der Waals surface area contributed by atoms with Crippen molar-refractivity contribution in [2.24, 2.45) is 5.16 Å². The van der Waals surface area contributed by atoms with Crippen molar-refractivity contribution < 1.29 is 28.6 Å². The van der Waals surface area contributed by atoms with E-state index in [1.165, 1.54) is 14.2 Å². The summed E-state index contributed by atoms with van der Waals surface area (Å²) in [6, 6.07) is 23.7. The van der Waals surface area contributed by atoms with Gasteiger partial charge in [-0.25, -0.2) is 9.59 Å². The lowest BCUT2D eigenvalue weighted by molar-refractivity contribution is 0.130. The summed E-state index contributed by atoms with van der Waals surface area (Å²) in [5.74, 6) is 1.46. The van der Waals surface area contributed by atoms with E-state index in [1.807, 2.05) is 61.5 Å². The molecule has 0 bridgehead atoms. The Labute approximate surface area is 191 Å². The van der Waals surface area contributed by atoms with Crippen molar-refractivity contribution in [3.05, 3.63) is 90.0 Å². The molecule has 8 heteroatoms. The number of ether oxygens (including phenoxy) is 3. The molecule has 0 radical (unpaired) electrons. The van der Waals surface area contributed by atoms with Gasteiger partial charge in [0.15, 0.2) is 0 Å². The first kappa shape index (κ1) is 23.3. The Hall–Kier alpha value is -4.33. The van der Waals surface area contributed by atoms with E-state index < -0.39 is 12.2 Å². The Morgan fingerprint density at radius 1 is 0.788 bits per heavy atom. The number of rotatable bonds is 7. The predicted octanol–water partition coefficient (Wildman–Crippen LogP) is 5.76. The Kier molecular flexibility index (Phi) is 8.02. The van der Waals surface area contributed by atoms with Gasteiger partial charge in [0.05, 0.1) is 25.6 Å². The van der Waals surface area contributed by atoms with Crippen LogP contribution >= 0.6 is 0 Å². The molecule has 0 atom stereocenters. The van der Waals surface area contributed by atoms with Crippen LogP contribution in [0.3, 0.4) is 0 Å². The number of oxime groups is 1. The fourth-order valence-corrected chi connectivity index (χ4v) is 2.94. The van der Waals surface area contributed by atoms with E-state index in [1.54, 1.807) is 24.3 Å². The number of benzene rings is 3. The fourth-order valence-electron chi connectivity index (χ4n) is 2.94. The number of imide groups is 1. The first-order chi connectivity index (χ1) is 16.0. The van der Waals surface area contributed by atoms with Crippen LogP contribution in [0, 0.1) is 0 Å². The third-order valence-corrected chi connectivity index (χ3v) is 4.62. The van der Waals surface area contributed by atoms with Crippen molar-refractivity contribution in [1.82, 2.24) is 0 Å². The number of methoxy groups -OCH3 is 2. The molecule has 0 fully saturated rings. The summed E-state index contributed by atoms with van der Waals surface area (Å²) >= 11 is 0. The minimum atomic E-state index is -0.869. The molecule has 0 aliphatic carbocycles. The molecule has 0 N–H and O–H groups in total. The number of hydrogen-bond donors (Lipinski definition) is 0. The van der Waals surface area contributed by atoms with E-state index in [-0.39, 0.29) is 12.3 Å². The molecular formula is C25H24N2O6. The molecule has 0 saturated heterocycles. The van der Waals surface area contributed by atoms with Crippen LogP contribution in [0.4, 0.5) is 15.3 Å². The highest BCUT2D eigenvalue weighted by Gasteiger charge is 2.27. The van der Waals surface area contributed by atoms with Crippen LogP contribution < -0.4 is 9.64 Å². The average molecular weight is 448 g/mol. The first-order valence-electron chi connectivity index (χ1n) is 10.1. The zero-order valence-electron chi connectivity index (χ0n) is 18.6. The molecular weight excluding hydrogens is 424 g/mol. The second kappa shape index (κ2) is 11.3. The van der Waals surface area contributed by atoms with Gasteiger partial charge in [0.1, 0.15) is 18.1 Å². The summed E-state index contributed by atoms with van der Waals surface area (Å²) in [6.45, 7) is 1.83. The lowest BCUT2D eigenvalue weighted by Gasteiger charge is -2.20. The van der Waals surface area contributed by atoms with Crippen molar-refractivity contribution in [2.45, 2.75) is 13.5 Å². The van der Waals surface area contributed by atoms with E-state index in [2.05, 4.69) is 5.16 Å². The van der Waals surface area contributed by atoms with Crippen LogP contribution in [-0.4, -0.2) is 32.1 Å². The smallest absolute Gasteiger partial charge is 0.423 e. The Balaban J connectivity index is 1.68. The Morgan fingerprint density at radius 2 is 1.36 bits per heavy atom. The summed E-state index contributed by atoms with van der Waals surface area (Å²) < 4.78 is 15.2. The molecule has 0 saturated carbocycles. The van der Waals surface area contributed by atoms with E-state index in [4.69, 9.17) is 19.0 Å². The molecule has 0 aliphatic rings. The van der Waals surface area contributed by atoms with Crippen LogP contribution in [0.1, 0.15) is 18.1 Å². The van der Waals surface area contributed by atoms with Crippen LogP contribution in [0.25, 0.3) is 0 Å². The van der Waals surface area contributed by atoms with E-state index in [9.17, 15) is 9.59 Å². The van der Waals surface area contributed by atoms with Gasteiger partial charge < -0.3 is 19.0 Å². The van der Waals surface area contributed by atoms with Gasteiger partial charge >= 0.3 is 12.2 Å². The summed E-state index contributed by atoms with van der Waals surface area (Å²) in [5.41, 5.74) is 2.34. The van der Waals surface area contributed by atoms with Crippen molar-refractivity contribution in [3.8, 4) is 11.5 Å². The lowest BCUT2D eigenvalue weighted by Crippen LogP contribution is -2.37. The minimum Gasteiger partial charge on any atom is -0.457 e. The molecule has 3 aromatic rings. The zero-order chi connectivity index (χ0) is 23.6. The normalized spacial score (nSPS) is 10.8. The number of anilines is 1. The van der Waals surface area contributed by atoms with E-state index in [0.717, 1.165) is 16.2 Å². The summed E-state index contributed by atoms with van der Waals surface area (Å²) in [6.07, 6.45) is -1.74. The molecule has 0 spiro atoms. The van der Waals surface area contributed by atoms with Gasteiger partial charge in [-0.1, -0.05) is 41.6 Å². The highest BCUT2D eigenvalue weighted by atomic mass is 16.6. The predicted molar refractivity (Wildman–Crippen MR) is 124 cm³/mol. The van der Waals surface area contributed by atoms with E-state index in [0.29, 0.717) is 17.0 Å². The van der Waals surface area contributed by atoms with Crippen molar-refractivity contribution in [1.29, 1.82) is 0 Å².